The molecule has 0 aromatic carbocycles. The van der Waals surface area contributed by atoms with Crippen molar-refractivity contribution in [3.05, 3.63) is 22.5 Å². The van der Waals surface area contributed by atoms with Gasteiger partial charge in [0.1, 0.15) is 0 Å². The van der Waals surface area contributed by atoms with Gasteiger partial charge in [-0.1, -0.05) is 61.8 Å². The highest BCUT2D eigenvalue weighted by Gasteiger charge is 2.19. The second kappa shape index (κ2) is 5.05. The molecule has 0 bridgehead atoms. The lowest BCUT2D eigenvalue weighted by Crippen LogP contribution is -2.21. The van der Waals surface area contributed by atoms with Crippen molar-refractivity contribution in [2.45, 2.75) is 65.0 Å². The molecule has 16 heavy (non-hydrogen) atoms. The van der Waals surface area contributed by atoms with E-state index in [1.54, 1.807) is 11.1 Å². The molecule has 0 N–H and O–H groups in total. The summed E-state index contributed by atoms with van der Waals surface area (Å²) in [4.78, 5) is 0. The molecule has 0 amide bonds. The molecule has 1 rings (SSSR count). The van der Waals surface area contributed by atoms with Crippen LogP contribution in [0.15, 0.2) is 22.5 Å². The molecule has 0 heterocycles. The molecular weight excluding hydrogens is 224 g/mol. The first-order valence-corrected chi connectivity index (χ1v) is 13.8. The molecule has 0 saturated heterocycles. The molecule has 0 unspecified atom stereocenters. The Morgan fingerprint density at radius 2 is 1.00 bits per heavy atom. The zero-order valence-electron chi connectivity index (χ0n) is 12.0. The molecule has 0 nitrogen and oxygen atoms in total. The Morgan fingerprint density at radius 3 is 1.25 bits per heavy atom. The van der Waals surface area contributed by atoms with Gasteiger partial charge in [-0.2, -0.15) is 0 Å². The Balaban J connectivity index is 2.97. The van der Waals surface area contributed by atoms with Crippen molar-refractivity contribution >= 4 is 16.1 Å². The van der Waals surface area contributed by atoms with Crippen LogP contribution in [0.3, 0.4) is 0 Å². The van der Waals surface area contributed by atoms with E-state index in [0.29, 0.717) is 0 Å². The Hall–Kier alpha value is -0.0862. The lowest BCUT2D eigenvalue weighted by atomic mass is 9.92. The second-order valence-electron chi connectivity index (χ2n) is 7.28. The van der Waals surface area contributed by atoms with E-state index in [1.807, 2.05) is 0 Å². The summed E-state index contributed by atoms with van der Waals surface area (Å²) in [6.07, 6.45) is 5.47. The molecule has 0 radical (unpaired) electrons. The largest absolute Gasteiger partial charge is 0.0916 e. The second-order valence-corrected chi connectivity index (χ2v) is 17.3. The van der Waals surface area contributed by atoms with Crippen LogP contribution in [0.1, 0.15) is 25.7 Å². The van der Waals surface area contributed by atoms with E-state index in [9.17, 15) is 0 Å². The van der Waals surface area contributed by atoms with Crippen molar-refractivity contribution in [3.8, 4) is 0 Å². The van der Waals surface area contributed by atoms with Crippen LogP contribution in [0.5, 0.6) is 0 Å². The van der Waals surface area contributed by atoms with Crippen molar-refractivity contribution in [3.63, 3.8) is 0 Å². The maximum absolute atomic E-state index is 2.64. The molecule has 92 valence electrons. The zero-order valence-corrected chi connectivity index (χ0v) is 14.0. The van der Waals surface area contributed by atoms with Crippen molar-refractivity contribution < 1.29 is 0 Å². The highest BCUT2D eigenvalue weighted by Crippen LogP contribution is 2.31. The van der Waals surface area contributed by atoms with Crippen LogP contribution in [0.4, 0.5) is 0 Å². The van der Waals surface area contributed by atoms with Gasteiger partial charge in [-0.05, 0) is 25.7 Å². The van der Waals surface area contributed by atoms with Gasteiger partial charge in [-0.25, -0.2) is 0 Å². The molecule has 1 aliphatic carbocycles. The lowest BCUT2D eigenvalue weighted by molar-refractivity contribution is 0.680. The minimum atomic E-state index is -1.05. The number of rotatable bonds is 2. The van der Waals surface area contributed by atoms with Crippen molar-refractivity contribution in [2.24, 2.45) is 0 Å². The Morgan fingerprint density at radius 1 is 0.688 bits per heavy atom. The van der Waals surface area contributed by atoms with Crippen LogP contribution < -0.4 is 0 Å². The molecule has 1 aliphatic rings. The van der Waals surface area contributed by atoms with E-state index in [2.05, 4.69) is 50.7 Å². The third kappa shape index (κ3) is 5.31. The van der Waals surface area contributed by atoms with Gasteiger partial charge in [0.15, 0.2) is 0 Å². The normalized spacial score (nSPS) is 24.1. The zero-order chi connectivity index (χ0) is 12.4. The molecule has 0 spiro atoms. The van der Waals surface area contributed by atoms with Crippen molar-refractivity contribution in [1.82, 2.24) is 0 Å². The minimum absolute atomic E-state index is 1.05. The Kier molecular flexibility index (Phi) is 4.41. The molecule has 0 atom stereocenters. The fourth-order valence-corrected chi connectivity index (χ4v) is 5.08. The third-order valence-corrected chi connectivity index (χ3v) is 5.20. The Bertz CT molecular complexity index is 266. The average Bonchev–Trinajstić information content (AvgIpc) is 2.03. The van der Waals surface area contributed by atoms with Gasteiger partial charge >= 0.3 is 0 Å². The van der Waals surface area contributed by atoms with Gasteiger partial charge < -0.3 is 0 Å². The highest BCUT2D eigenvalue weighted by molar-refractivity contribution is 6.82. The molecule has 0 aliphatic heterocycles. The van der Waals surface area contributed by atoms with Crippen molar-refractivity contribution in [2.75, 3.05) is 0 Å². The van der Waals surface area contributed by atoms with E-state index < -0.39 is 16.1 Å². The van der Waals surface area contributed by atoms with Gasteiger partial charge in [-0.3, -0.25) is 0 Å². The number of hydrogen-bond acceptors (Lipinski definition) is 0. The van der Waals surface area contributed by atoms with Crippen molar-refractivity contribution in [1.29, 1.82) is 0 Å². The van der Waals surface area contributed by atoms with Crippen LogP contribution in [-0.4, -0.2) is 16.1 Å². The topological polar surface area (TPSA) is 0 Å². The monoisotopic (exact) mass is 252 g/mol. The van der Waals surface area contributed by atoms with E-state index in [-0.39, 0.29) is 0 Å². The first kappa shape index (κ1) is 14.0. The first-order chi connectivity index (χ1) is 7.17. The van der Waals surface area contributed by atoms with Crippen LogP contribution in [0.2, 0.25) is 39.3 Å². The summed E-state index contributed by atoms with van der Waals surface area (Å²) >= 11 is 0. The predicted molar refractivity (Wildman–Crippen MR) is 81.3 cm³/mol. The van der Waals surface area contributed by atoms with Crippen LogP contribution in [-0.2, 0) is 0 Å². The quantitative estimate of drug-likeness (QED) is 0.595. The lowest BCUT2D eigenvalue weighted by Gasteiger charge is -2.24. The highest BCUT2D eigenvalue weighted by atomic mass is 28.3. The standard InChI is InChI=1S/C14H28Si2/c1-15(2,3)11-13-9-7-8-10-14(13)12-16(4,5)6/h11-12H,7-10H2,1-6H3/b13-11+,14-12?. The minimum Gasteiger partial charge on any atom is -0.0916 e. The predicted octanol–water partition coefficient (Wildman–Crippen LogP) is 5.17. The third-order valence-electron chi connectivity index (χ3n) is 2.77. The van der Waals surface area contributed by atoms with Gasteiger partial charge in [-0.15, -0.1) is 0 Å². The van der Waals surface area contributed by atoms with E-state index >= 15 is 0 Å². The van der Waals surface area contributed by atoms with Gasteiger partial charge in [0.25, 0.3) is 0 Å². The SMILES string of the molecule is C[Si](C)(C)C=C1CCCC/C1=C\[Si](C)(C)C. The van der Waals surface area contributed by atoms with E-state index in [1.165, 1.54) is 25.7 Å². The maximum Gasteiger partial charge on any atom is 0.0690 e. The molecular formula is C14H28Si2. The van der Waals surface area contributed by atoms with Crippen LogP contribution >= 0.6 is 0 Å². The molecule has 0 aromatic rings. The van der Waals surface area contributed by atoms with E-state index in [4.69, 9.17) is 0 Å². The fraction of sp³-hybridized carbons (Fsp3) is 0.714. The molecule has 1 fully saturated rings. The van der Waals surface area contributed by atoms with Crippen LogP contribution in [0.25, 0.3) is 0 Å². The van der Waals surface area contributed by atoms with Crippen LogP contribution in [0, 0.1) is 0 Å². The maximum atomic E-state index is 2.64. The van der Waals surface area contributed by atoms with E-state index in [0.717, 1.165) is 0 Å². The molecule has 0 aromatic heterocycles. The summed E-state index contributed by atoms with van der Waals surface area (Å²) < 4.78 is 0. The number of allylic oxidation sites excluding steroid dienone is 2. The summed E-state index contributed by atoms with van der Waals surface area (Å²) in [7, 11) is -2.10. The fourth-order valence-electron chi connectivity index (χ4n) is 2.33. The first-order valence-electron chi connectivity index (χ1n) is 6.61. The summed E-state index contributed by atoms with van der Waals surface area (Å²) in [5.74, 6) is 0. The smallest absolute Gasteiger partial charge is 0.0690 e. The van der Waals surface area contributed by atoms with Gasteiger partial charge in [0.2, 0.25) is 0 Å². The number of hydrogen-bond donors (Lipinski definition) is 0. The molecule has 2 heteroatoms. The van der Waals surface area contributed by atoms with Gasteiger partial charge in [0.05, 0.1) is 16.1 Å². The average molecular weight is 253 g/mol. The summed E-state index contributed by atoms with van der Waals surface area (Å²) in [5.41, 5.74) is 8.68. The summed E-state index contributed by atoms with van der Waals surface area (Å²) in [5, 5.41) is 0. The Labute approximate surface area is 104 Å². The summed E-state index contributed by atoms with van der Waals surface area (Å²) in [6.45, 7) is 14.7. The van der Waals surface area contributed by atoms with Gasteiger partial charge in [0, 0.05) is 0 Å². The summed E-state index contributed by atoms with van der Waals surface area (Å²) in [6, 6.07) is 0. The molecule has 1 saturated carbocycles.